The number of ether oxygens (including phenoxy) is 1. The first kappa shape index (κ1) is 26.4. The van der Waals surface area contributed by atoms with Crippen LogP contribution < -0.4 is 15.8 Å². The van der Waals surface area contributed by atoms with Gasteiger partial charge in [-0.15, -0.1) is 0 Å². The van der Waals surface area contributed by atoms with Crippen LogP contribution in [0.4, 0.5) is 10.2 Å². The van der Waals surface area contributed by atoms with E-state index in [0.29, 0.717) is 78.8 Å². The van der Waals surface area contributed by atoms with Crippen LogP contribution in [0.25, 0.3) is 0 Å². The minimum atomic E-state index is -0.840. The minimum absolute atomic E-state index is 0.0653. The van der Waals surface area contributed by atoms with E-state index in [2.05, 4.69) is 20.2 Å². The second-order valence-corrected chi connectivity index (χ2v) is 10.3. The van der Waals surface area contributed by atoms with E-state index in [-0.39, 0.29) is 19.1 Å². The summed E-state index contributed by atoms with van der Waals surface area (Å²) in [6.07, 6.45) is 5.34. The third-order valence-electron chi connectivity index (χ3n) is 7.17. The molecule has 1 aliphatic carbocycles. The number of oxazole rings is 1. The number of hydrogen-bond donors (Lipinski definition) is 3. The Morgan fingerprint density at radius 2 is 2.24 bits per heavy atom. The molecule has 0 radical (unpaired) electrons. The van der Waals surface area contributed by atoms with Gasteiger partial charge >= 0.3 is 0 Å². The first-order valence-corrected chi connectivity index (χ1v) is 13.1. The molecule has 0 spiro atoms. The Hall–Kier alpha value is -3.21. The number of aliphatic hydroxyl groups excluding tert-OH is 1. The van der Waals surface area contributed by atoms with Crippen molar-refractivity contribution < 1.29 is 23.4 Å². The van der Waals surface area contributed by atoms with Gasteiger partial charge in [0.25, 0.3) is 0 Å². The number of carbonyl (C=O) groups is 1. The van der Waals surface area contributed by atoms with Gasteiger partial charge in [-0.25, -0.2) is 14.4 Å². The van der Waals surface area contributed by atoms with Crippen LogP contribution in [-0.4, -0.2) is 57.3 Å². The molecule has 9 nitrogen and oxygen atoms in total. The first-order chi connectivity index (χ1) is 18.4. The molecule has 202 valence electrons. The maximum Gasteiger partial charge on any atom is 0.249 e. The number of rotatable bonds is 10. The number of alkyl halides is 1. The van der Waals surface area contributed by atoms with Crippen LogP contribution in [0.15, 0.2) is 41.4 Å². The number of fused-ring (bicyclic) bond motifs is 1. The quantitative estimate of drug-likeness (QED) is 0.353. The molecule has 3 atom stereocenters. The SMILES string of the molecule is NC(=O)c1ccnc(NC2CCC(F)C2)c1C[C@H](O)CN1CCc2c(ccc(OCc3cnco3)c2Cl)C1. The van der Waals surface area contributed by atoms with Gasteiger partial charge in [0.15, 0.2) is 12.2 Å². The fourth-order valence-electron chi connectivity index (χ4n) is 5.28. The molecule has 38 heavy (non-hydrogen) atoms. The van der Waals surface area contributed by atoms with E-state index in [4.69, 9.17) is 26.5 Å². The lowest BCUT2D eigenvalue weighted by atomic mass is 9.97. The van der Waals surface area contributed by atoms with E-state index < -0.39 is 18.2 Å². The third kappa shape index (κ3) is 6.09. The van der Waals surface area contributed by atoms with E-state index in [1.54, 1.807) is 12.3 Å². The average Bonchev–Trinajstić information content (AvgIpc) is 3.56. The summed E-state index contributed by atoms with van der Waals surface area (Å²) in [4.78, 5) is 22.5. The normalized spacial score (nSPS) is 20.2. The predicted molar refractivity (Wildman–Crippen MR) is 140 cm³/mol. The lowest BCUT2D eigenvalue weighted by molar-refractivity contribution is 0.0989. The second kappa shape index (κ2) is 11.7. The molecule has 1 aromatic carbocycles. The van der Waals surface area contributed by atoms with Crippen LogP contribution in [0, 0.1) is 0 Å². The molecule has 1 aliphatic heterocycles. The Morgan fingerprint density at radius 1 is 1.37 bits per heavy atom. The van der Waals surface area contributed by atoms with Crippen molar-refractivity contribution in [2.75, 3.05) is 18.4 Å². The molecular weight excluding hydrogens is 513 g/mol. The number of halogens is 2. The number of primary amides is 1. The number of nitrogens with one attached hydrogen (secondary N) is 1. The van der Waals surface area contributed by atoms with E-state index in [1.165, 1.54) is 12.6 Å². The summed E-state index contributed by atoms with van der Waals surface area (Å²) in [7, 11) is 0. The van der Waals surface area contributed by atoms with Crippen molar-refractivity contribution in [3.63, 3.8) is 0 Å². The van der Waals surface area contributed by atoms with Gasteiger partial charge in [-0.1, -0.05) is 17.7 Å². The van der Waals surface area contributed by atoms with Gasteiger partial charge in [-0.2, -0.15) is 0 Å². The number of pyridine rings is 1. The molecule has 3 aromatic rings. The standard InChI is InChI=1S/C27H31ClFN5O4/c28-25-21-6-8-34(12-16(21)1-4-24(25)37-14-20-11-31-15-38-20)13-19(35)10-23-22(26(30)36)5-7-32-27(23)33-18-3-2-17(29)9-18/h1,4-5,7,11,15,17-19,35H,2-3,6,8-10,12-14H2,(H2,30,36)(H,32,33)/t17?,18?,19-/m0/s1. The summed E-state index contributed by atoms with van der Waals surface area (Å²) in [6.45, 7) is 1.96. The smallest absolute Gasteiger partial charge is 0.249 e. The zero-order valence-electron chi connectivity index (χ0n) is 20.9. The summed E-state index contributed by atoms with van der Waals surface area (Å²) in [6, 6.07) is 5.33. The van der Waals surface area contributed by atoms with Crippen LogP contribution in [0.2, 0.25) is 5.02 Å². The Bertz CT molecular complexity index is 1270. The molecular formula is C27H31ClFN5O4. The van der Waals surface area contributed by atoms with Gasteiger partial charge in [-0.3, -0.25) is 9.69 Å². The van der Waals surface area contributed by atoms with Crippen molar-refractivity contribution in [1.29, 1.82) is 0 Å². The molecule has 1 amide bonds. The number of amides is 1. The van der Waals surface area contributed by atoms with Gasteiger partial charge in [-0.05, 0) is 48.9 Å². The summed E-state index contributed by atoms with van der Waals surface area (Å²) in [5, 5.41) is 14.9. The van der Waals surface area contributed by atoms with Crippen LogP contribution in [-0.2, 0) is 26.0 Å². The van der Waals surface area contributed by atoms with Gasteiger partial charge in [0.2, 0.25) is 5.91 Å². The number of carbonyl (C=O) groups excluding carboxylic acids is 1. The number of aliphatic hydroxyl groups is 1. The summed E-state index contributed by atoms with van der Waals surface area (Å²) in [5.74, 6) is 1.09. The van der Waals surface area contributed by atoms with Crippen LogP contribution in [0.3, 0.4) is 0 Å². The molecule has 2 aromatic heterocycles. The number of nitrogens with zero attached hydrogens (tertiary/aromatic N) is 3. The molecule has 11 heteroatoms. The second-order valence-electron chi connectivity index (χ2n) is 9.92. The number of anilines is 1. The summed E-state index contributed by atoms with van der Waals surface area (Å²) in [5.41, 5.74) is 8.60. The van der Waals surface area contributed by atoms with E-state index >= 15 is 0 Å². The predicted octanol–water partition coefficient (Wildman–Crippen LogP) is 3.67. The number of β-amino-alcohol motifs (C(OH)–C–C–N with tert-alkyl or cyclic N) is 1. The van der Waals surface area contributed by atoms with Crippen LogP contribution in [0.5, 0.6) is 5.75 Å². The maximum atomic E-state index is 13.7. The molecule has 4 N–H and O–H groups in total. The average molecular weight is 544 g/mol. The summed E-state index contributed by atoms with van der Waals surface area (Å²) >= 11 is 6.65. The number of nitrogens with two attached hydrogens (primary N) is 1. The highest BCUT2D eigenvalue weighted by atomic mass is 35.5. The van der Waals surface area contributed by atoms with E-state index in [0.717, 1.165) is 11.1 Å². The monoisotopic (exact) mass is 543 g/mol. The molecule has 3 heterocycles. The molecule has 2 unspecified atom stereocenters. The van der Waals surface area contributed by atoms with E-state index in [9.17, 15) is 14.3 Å². The highest BCUT2D eigenvalue weighted by Crippen LogP contribution is 2.35. The number of aromatic nitrogens is 2. The highest BCUT2D eigenvalue weighted by molar-refractivity contribution is 6.33. The van der Waals surface area contributed by atoms with Gasteiger partial charge in [0.1, 0.15) is 24.3 Å². The van der Waals surface area contributed by atoms with Crippen LogP contribution >= 0.6 is 11.6 Å². The molecule has 5 rings (SSSR count). The van der Waals surface area contributed by atoms with Crippen LogP contribution in [0.1, 0.15) is 52.1 Å². The first-order valence-electron chi connectivity index (χ1n) is 12.8. The highest BCUT2D eigenvalue weighted by Gasteiger charge is 2.27. The van der Waals surface area contributed by atoms with Crippen molar-refractivity contribution in [3.05, 3.63) is 70.0 Å². The minimum Gasteiger partial charge on any atom is -0.484 e. The van der Waals surface area contributed by atoms with Crippen molar-refractivity contribution in [2.45, 2.75) is 63.6 Å². The van der Waals surface area contributed by atoms with Crippen molar-refractivity contribution in [3.8, 4) is 5.75 Å². The molecule has 0 saturated heterocycles. The maximum absolute atomic E-state index is 13.7. The Labute approximate surface area is 225 Å². The number of benzene rings is 1. The van der Waals surface area contributed by atoms with Gasteiger partial charge in [0, 0.05) is 49.4 Å². The third-order valence-corrected chi connectivity index (χ3v) is 7.58. The van der Waals surface area contributed by atoms with Crippen molar-refractivity contribution >= 4 is 23.3 Å². The molecule has 2 aliphatic rings. The number of hydrogen-bond acceptors (Lipinski definition) is 8. The largest absolute Gasteiger partial charge is 0.484 e. The fourth-order valence-corrected chi connectivity index (χ4v) is 5.61. The fraction of sp³-hybridized carbons (Fsp3) is 0.444. The zero-order valence-corrected chi connectivity index (χ0v) is 21.7. The Morgan fingerprint density at radius 3 is 2.97 bits per heavy atom. The molecule has 1 fully saturated rings. The van der Waals surface area contributed by atoms with Gasteiger partial charge < -0.3 is 25.3 Å². The topological polar surface area (TPSA) is 127 Å². The lowest BCUT2D eigenvalue weighted by Crippen LogP contribution is -2.38. The lowest BCUT2D eigenvalue weighted by Gasteiger charge is -2.31. The van der Waals surface area contributed by atoms with Crippen molar-refractivity contribution in [2.24, 2.45) is 5.73 Å². The molecule has 0 bridgehead atoms. The van der Waals surface area contributed by atoms with Crippen molar-refractivity contribution in [1.82, 2.24) is 14.9 Å². The van der Waals surface area contributed by atoms with Gasteiger partial charge in [0.05, 0.1) is 17.3 Å². The molecule has 1 saturated carbocycles. The summed E-state index contributed by atoms with van der Waals surface area (Å²) < 4.78 is 24.7. The van der Waals surface area contributed by atoms with E-state index in [1.807, 2.05) is 12.1 Å². The zero-order chi connectivity index (χ0) is 26.6. The Kier molecular flexibility index (Phi) is 8.11. The Balaban J connectivity index is 1.23.